The minimum atomic E-state index is -0.898. The van der Waals surface area contributed by atoms with E-state index in [0.717, 1.165) is 0 Å². The molecule has 0 fully saturated rings. The van der Waals surface area contributed by atoms with Gasteiger partial charge in [0.25, 0.3) is 4.95 Å². The fourth-order valence-electron chi connectivity index (χ4n) is 0.120. The molecule has 0 amide bonds. The van der Waals surface area contributed by atoms with E-state index in [1.165, 1.54) is 0 Å². The lowest BCUT2D eigenvalue weighted by atomic mass is 10.8. The lowest BCUT2D eigenvalue weighted by Gasteiger charge is -2.10. The Labute approximate surface area is 85.2 Å². The largest absolute Gasteiger partial charge is 0.300 e. The quantitative estimate of drug-likeness (QED) is 0.299. The standard InChI is InChI=1S/C2HBr4NO2/c3-1(7(8)9)2(4,5)6/h1H. The molecule has 0 aliphatic carbocycles. The zero-order valence-corrected chi connectivity index (χ0v) is 10.2. The average molecular weight is 391 g/mol. The van der Waals surface area contributed by atoms with Gasteiger partial charge in [-0.25, -0.2) is 0 Å². The van der Waals surface area contributed by atoms with Gasteiger partial charge in [-0.15, -0.1) is 0 Å². The molecule has 0 spiro atoms. The summed E-state index contributed by atoms with van der Waals surface area (Å²) in [5.41, 5.74) is 0. The highest BCUT2D eigenvalue weighted by Gasteiger charge is 2.38. The maximum Gasteiger partial charge on any atom is 0.300 e. The summed E-state index contributed by atoms with van der Waals surface area (Å²) in [6.45, 7) is 0. The van der Waals surface area contributed by atoms with Gasteiger partial charge >= 0.3 is 0 Å². The van der Waals surface area contributed by atoms with Crippen LogP contribution in [0.25, 0.3) is 0 Å². The third-order valence-electron chi connectivity index (χ3n) is 0.455. The monoisotopic (exact) mass is 387 g/mol. The summed E-state index contributed by atoms with van der Waals surface area (Å²) in [4.78, 5) is 8.64. The van der Waals surface area contributed by atoms with Gasteiger partial charge in [-0.05, 0) is 0 Å². The van der Waals surface area contributed by atoms with Crippen LogP contribution in [0.5, 0.6) is 0 Å². The summed E-state index contributed by atoms with van der Waals surface area (Å²) in [6.07, 6.45) is 0. The first-order valence-corrected chi connectivity index (χ1v) is 4.99. The van der Waals surface area contributed by atoms with Gasteiger partial charge in [0.05, 0.1) is 0 Å². The van der Waals surface area contributed by atoms with Gasteiger partial charge in [-0.1, -0.05) is 47.8 Å². The van der Waals surface area contributed by atoms with E-state index >= 15 is 0 Å². The van der Waals surface area contributed by atoms with Crippen molar-refractivity contribution in [2.45, 2.75) is 7.09 Å². The Morgan fingerprint density at radius 2 is 1.78 bits per heavy atom. The van der Waals surface area contributed by atoms with Crippen LogP contribution >= 0.6 is 63.7 Å². The minimum absolute atomic E-state index is 0.474. The first kappa shape index (κ1) is 10.3. The SMILES string of the molecule is O=[N+]([O-])C(Br)C(Br)(Br)Br. The van der Waals surface area contributed by atoms with Crippen molar-refractivity contribution in [3.63, 3.8) is 0 Å². The van der Waals surface area contributed by atoms with E-state index in [1.54, 1.807) is 0 Å². The minimum Gasteiger partial charge on any atom is -0.263 e. The molecule has 0 N–H and O–H groups in total. The van der Waals surface area contributed by atoms with Crippen LogP contribution in [-0.2, 0) is 0 Å². The number of nitrogens with zero attached hydrogens (tertiary/aromatic N) is 1. The van der Waals surface area contributed by atoms with Crippen LogP contribution in [0.4, 0.5) is 0 Å². The molecule has 1 atom stereocenters. The molecule has 0 saturated heterocycles. The predicted octanol–water partition coefficient (Wildman–Crippen LogP) is 2.82. The maximum atomic E-state index is 10.0. The van der Waals surface area contributed by atoms with Gasteiger partial charge in [-0.3, -0.25) is 10.1 Å². The van der Waals surface area contributed by atoms with Gasteiger partial charge in [0, 0.05) is 20.9 Å². The zero-order valence-electron chi connectivity index (χ0n) is 3.85. The van der Waals surface area contributed by atoms with Crippen LogP contribution in [0, 0.1) is 10.1 Å². The highest BCUT2D eigenvalue weighted by molar-refractivity contribution is 9.40. The van der Waals surface area contributed by atoms with Crippen molar-refractivity contribution in [2.75, 3.05) is 0 Å². The summed E-state index contributed by atoms with van der Waals surface area (Å²) >= 11 is 11.8. The molecule has 0 aromatic carbocycles. The molecule has 0 bridgehead atoms. The number of rotatable bonds is 1. The van der Waals surface area contributed by atoms with Crippen LogP contribution < -0.4 is 0 Å². The van der Waals surface area contributed by atoms with Gasteiger partial charge in [-0.2, -0.15) is 0 Å². The van der Waals surface area contributed by atoms with Crippen molar-refractivity contribution < 1.29 is 4.92 Å². The second-order valence-electron chi connectivity index (χ2n) is 1.16. The van der Waals surface area contributed by atoms with Crippen LogP contribution in [-0.4, -0.2) is 12.0 Å². The maximum absolute atomic E-state index is 10.0. The summed E-state index contributed by atoms with van der Waals surface area (Å²) in [5.74, 6) is 0. The fourth-order valence-corrected chi connectivity index (χ4v) is 0.621. The Morgan fingerprint density at radius 1 is 1.44 bits per heavy atom. The molecule has 0 rings (SSSR count). The molecule has 0 radical (unpaired) electrons. The number of hydrogen-bond donors (Lipinski definition) is 0. The highest BCUT2D eigenvalue weighted by atomic mass is 80.0. The van der Waals surface area contributed by atoms with Crippen LogP contribution in [0.1, 0.15) is 0 Å². The van der Waals surface area contributed by atoms with Crippen molar-refractivity contribution in [1.29, 1.82) is 0 Å². The van der Waals surface area contributed by atoms with E-state index in [4.69, 9.17) is 0 Å². The number of alkyl halides is 4. The van der Waals surface area contributed by atoms with E-state index in [-0.39, 0.29) is 0 Å². The van der Waals surface area contributed by atoms with Crippen LogP contribution in [0.15, 0.2) is 0 Å². The molecule has 0 aromatic rings. The second-order valence-corrected chi connectivity index (χ2v) is 8.98. The Balaban J connectivity index is 4.04. The topological polar surface area (TPSA) is 43.1 Å². The average Bonchev–Trinajstić information content (AvgIpc) is 1.62. The fraction of sp³-hybridized carbons (Fsp3) is 1.00. The summed E-state index contributed by atoms with van der Waals surface area (Å²) < 4.78 is -0.865. The Kier molecular flexibility index (Phi) is 4.17. The molecule has 0 heterocycles. The summed E-state index contributed by atoms with van der Waals surface area (Å²) in [6, 6.07) is 0. The lowest BCUT2D eigenvalue weighted by molar-refractivity contribution is -0.489. The second kappa shape index (κ2) is 3.64. The Hall–Kier alpha value is 1.32. The molecule has 7 heteroatoms. The van der Waals surface area contributed by atoms with E-state index < -0.39 is 12.0 Å². The number of nitro groups is 1. The molecular weight excluding hydrogens is 390 g/mol. The Morgan fingerprint density at radius 3 is 1.78 bits per heavy atom. The van der Waals surface area contributed by atoms with E-state index in [1.807, 2.05) is 0 Å². The molecule has 54 valence electrons. The number of halogens is 4. The van der Waals surface area contributed by atoms with Crippen molar-refractivity contribution >= 4 is 63.7 Å². The van der Waals surface area contributed by atoms with Crippen molar-refractivity contribution in [1.82, 2.24) is 0 Å². The molecule has 0 aromatic heterocycles. The van der Waals surface area contributed by atoms with E-state index in [9.17, 15) is 10.1 Å². The van der Waals surface area contributed by atoms with Gasteiger partial charge in [0.1, 0.15) is 0 Å². The van der Waals surface area contributed by atoms with Gasteiger partial charge < -0.3 is 0 Å². The van der Waals surface area contributed by atoms with Crippen LogP contribution in [0.3, 0.4) is 0 Å². The third kappa shape index (κ3) is 3.90. The van der Waals surface area contributed by atoms with Crippen molar-refractivity contribution in [3.8, 4) is 0 Å². The molecule has 1 unspecified atom stereocenters. The predicted molar refractivity (Wildman–Crippen MR) is 49.2 cm³/mol. The molecule has 0 saturated carbocycles. The van der Waals surface area contributed by atoms with Crippen molar-refractivity contribution in [2.24, 2.45) is 0 Å². The molecule has 0 aliphatic rings. The highest BCUT2D eigenvalue weighted by Crippen LogP contribution is 2.40. The lowest BCUT2D eigenvalue weighted by Crippen LogP contribution is -2.25. The van der Waals surface area contributed by atoms with Gasteiger partial charge in [0.2, 0.25) is 2.14 Å². The normalized spacial score (nSPS) is 15.1. The molecule has 0 aliphatic heterocycles. The third-order valence-corrected chi connectivity index (χ3v) is 4.62. The van der Waals surface area contributed by atoms with Crippen molar-refractivity contribution in [3.05, 3.63) is 10.1 Å². The summed E-state index contributed by atoms with van der Waals surface area (Å²) in [5, 5.41) is 10.0. The molecular formula is C2HBr4NO2. The summed E-state index contributed by atoms with van der Waals surface area (Å²) in [7, 11) is 0. The molecule has 9 heavy (non-hydrogen) atoms. The van der Waals surface area contributed by atoms with Gasteiger partial charge in [0.15, 0.2) is 0 Å². The smallest absolute Gasteiger partial charge is 0.263 e. The van der Waals surface area contributed by atoms with Crippen LogP contribution in [0.2, 0.25) is 0 Å². The number of hydrogen-bond acceptors (Lipinski definition) is 2. The van der Waals surface area contributed by atoms with E-state index in [2.05, 4.69) is 63.7 Å². The Bertz CT molecular complexity index is 120. The first-order chi connectivity index (χ1) is 3.85. The molecule has 3 nitrogen and oxygen atoms in total. The zero-order chi connectivity index (χ0) is 7.65. The first-order valence-electron chi connectivity index (χ1n) is 1.70. The van der Waals surface area contributed by atoms with E-state index in [0.29, 0.717) is 0 Å².